The van der Waals surface area contributed by atoms with Crippen molar-refractivity contribution in [2.45, 2.75) is 25.3 Å². The molecule has 4 rings (SSSR count). The Hall–Kier alpha value is -3.48. The standard InChI is InChI=1S/C21H19N3O4/c25-18(22-15-9-10-15)11-13-5-7-14(8-6-13)23-19(26)12-24-20(27)16-3-1-2-4-17(16)21(24)28/h1-8,15H,9-12H2,(H,22,25)(H,23,26). The van der Waals surface area contributed by atoms with Crippen LogP contribution in [0.3, 0.4) is 0 Å². The lowest BCUT2D eigenvalue weighted by Crippen LogP contribution is -2.37. The Morgan fingerprint density at radius 2 is 1.50 bits per heavy atom. The number of nitrogens with one attached hydrogen (secondary N) is 2. The second-order valence-corrected chi connectivity index (χ2v) is 7.01. The van der Waals surface area contributed by atoms with Gasteiger partial charge in [0.25, 0.3) is 11.8 Å². The van der Waals surface area contributed by atoms with E-state index in [1.54, 1.807) is 48.5 Å². The fraction of sp³-hybridized carbons (Fsp3) is 0.238. The maximum Gasteiger partial charge on any atom is 0.262 e. The molecular weight excluding hydrogens is 358 g/mol. The minimum absolute atomic E-state index is 0.00934. The van der Waals surface area contributed by atoms with Gasteiger partial charge in [-0.05, 0) is 42.7 Å². The predicted molar refractivity (Wildman–Crippen MR) is 102 cm³/mol. The van der Waals surface area contributed by atoms with Crippen LogP contribution < -0.4 is 10.6 Å². The predicted octanol–water partition coefficient (Wildman–Crippen LogP) is 1.74. The quantitative estimate of drug-likeness (QED) is 0.750. The summed E-state index contributed by atoms with van der Waals surface area (Å²) in [5.74, 6) is -1.40. The first-order chi connectivity index (χ1) is 13.5. The van der Waals surface area contributed by atoms with Gasteiger partial charge in [-0.3, -0.25) is 24.1 Å². The first-order valence-corrected chi connectivity index (χ1v) is 9.14. The van der Waals surface area contributed by atoms with Crippen LogP contribution >= 0.6 is 0 Å². The number of anilines is 1. The number of amides is 4. The van der Waals surface area contributed by atoms with Crippen LogP contribution in [0.15, 0.2) is 48.5 Å². The molecule has 28 heavy (non-hydrogen) atoms. The zero-order chi connectivity index (χ0) is 19.7. The summed E-state index contributed by atoms with van der Waals surface area (Å²) >= 11 is 0. The van der Waals surface area contributed by atoms with Gasteiger partial charge in [0.1, 0.15) is 6.54 Å². The minimum atomic E-state index is -0.465. The van der Waals surface area contributed by atoms with E-state index in [0.29, 0.717) is 29.3 Å². The Labute approximate surface area is 161 Å². The number of fused-ring (bicyclic) bond motifs is 1. The van der Waals surface area contributed by atoms with Crippen molar-refractivity contribution in [1.29, 1.82) is 0 Å². The van der Waals surface area contributed by atoms with Crippen LogP contribution in [0.5, 0.6) is 0 Å². The van der Waals surface area contributed by atoms with E-state index in [1.165, 1.54) is 0 Å². The number of carbonyl (C=O) groups excluding carboxylic acids is 4. The van der Waals surface area contributed by atoms with Gasteiger partial charge in [0.2, 0.25) is 11.8 Å². The largest absolute Gasteiger partial charge is 0.353 e. The molecule has 7 heteroatoms. The van der Waals surface area contributed by atoms with Crippen LogP contribution in [0.4, 0.5) is 5.69 Å². The first kappa shape index (κ1) is 17.9. The second-order valence-electron chi connectivity index (χ2n) is 7.01. The third-order valence-electron chi connectivity index (χ3n) is 4.72. The highest BCUT2D eigenvalue weighted by atomic mass is 16.2. The molecule has 0 bridgehead atoms. The van der Waals surface area contributed by atoms with E-state index in [-0.39, 0.29) is 12.5 Å². The van der Waals surface area contributed by atoms with Crippen molar-refractivity contribution in [2.24, 2.45) is 0 Å². The molecule has 0 aromatic heterocycles. The lowest BCUT2D eigenvalue weighted by Gasteiger charge is -2.13. The Morgan fingerprint density at radius 3 is 2.07 bits per heavy atom. The zero-order valence-electron chi connectivity index (χ0n) is 15.1. The van der Waals surface area contributed by atoms with E-state index in [2.05, 4.69) is 10.6 Å². The number of benzene rings is 2. The normalized spacial score (nSPS) is 15.4. The number of nitrogens with zero attached hydrogens (tertiary/aromatic N) is 1. The van der Waals surface area contributed by atoms with Gasteiger partial charge in [-0.1, -0.05) is 24.3 Å². The van der Waals surface area contributed by atoms with E-state index in [9.17, 15) is 19.2 Å². The van der Waals surface area contributed by atoms with Gasteiger partial charge in [0.15, 0.2) is 0 Å². The molecule has 0 spiro atoms. The van der Waals surface area contributed by atoms with Crippen LogP contribution in [0.1, 0.15) is 39.1 Å². The van der Waals surface area contributed by atoms with E-state index >= 15 is 0 Å². The smallest absolute Gasteiger partial charge is 0.262 e. The summed E-state index contributed by atoms with van der Waals surface area (Å²) < 4.78 is 0. The molecule has 2 N–H and O–H groups in total. The number of rotatable bonds is 6. The minimum Gasteiger partial charge on any atom is -0.353 e. The average Bonchev–Trinajstić information content (AvgIpc) is 3.46. The zero-order valence-corrected chi connectivity index (χ0v) is 15.1. The van der Waals surface area contributed by atoms with E-state index in [4.69, 9.17) is 0 Å². The molecule has 1 fully saturated rings. The average molecular weight is 377 g/mol. The summed E-state index contributed by atoms with van der Waals surface area (Å²) in [6.07, 6.45) is 2.38. The molecular formula is C21H19N3O4. The van der Waals surface area contributed by atoms with Crippen LogP contribution in [-0.2, 0) is 16.0 Å². The highest BCUT2D eigenvalue weighted by Gasteiger charge is 2.36. The second kappa shape index (κ2) is 7.26. The fourth-order valence-corrected chi connectivity index (χ4v) is 3.12. The van der Waals surface area contributed by atoms with Gasteiger partial charge >= 0.3 is 0 Å². The number of hydrogen-bond acceptors (Lipinski definition) is 4. The van der Waals surface area contributed by atoms with Crippen molar-refractivity contribution in [3.05, 3.63) is 65.2 Å². The van der Waals surface area contributed by atoms with Gasteiger partial charge < -0.3 is 10.6 Å². The first-order valence-electron chi connectivity index (χ1n) is 9.14. The van der Waals surface area contributed by atoms with E-state index in [0.717, 1.165) is 23.3 Å². The van der Waals surface area contributed by atoms with Gasteiger partial charge in [-0.15, -0.1) is 0 Å². The SMILES string of the molecule is O=C(CN1C(=O)c2ccccc2C1=O)Nc1ccc(CC(=O)NC2CC2)cc1. The highest BCUT2D eigenvalue weighted by molar-refractivity contribution is 6.22. The van der Waals surface area contributed by atoms with Crippen molar-refractivity contribution >= 4 is 29.3 Å². The van der Waals surface area contributed by atoms with E-state index in [1.807, 2.05) is 0 Å². The molecule has 1 aliphatic heterocycles. The van der Waals surface area contributed by atoms with Crippen molar-refractivity contribution < 1.29 is 19.2 Å². The molecule has 142 valence electrons. The highest BCUT2D eigenvalue weighted by Crippen LogP contribution is 2.22. The van der Waals surface area contributed by atoms with Crippen molar-refractivity contribution in [3.8, 4) is 0 Å². The molecule has 0 radical (unpaired) electrons. The molecule has 0 saturated heterocycles. The Kier molecular flexibility index (Phi) is 4.65. The molecule has 1 saturated carbocycles. The Balaban J connectivity index is 1.33. The summed E-state index contributed by atoms with van der Waals surface area (Å²) in [7, 11) is 0. The monoisotopic (exact) mass is 377 g/mol. The molecule has 2 aromatic carbocycles. The lowest BCUT2D eigenvalue weighted by atomic mass is 10.1. The summed E-state index contributed by atoms with van der Waals surface area (Å²) in [6.45, 7) is -0.349. The van der Waals surface area contributed by atoms with Crippen LogP contribution in [0, 0.1) is 0 Å². The summed E-state index contributed by atoms with van der Waals surface area (Å²) in [5.41, 5.74) is 2.01. The van der Waals surface area contributed by atoms with Crippen molar-refractivity contribution in [1.82, 2.24) is 10.2 Å². The molecule has 2 aromatic rings. The molecule has 1 heterocycles. The van der Waals surface area contributed by atoms with Crippen LogP contribution in [0.2, 0.25) is 0 Å². The van der Waals surface area contributed by atoms with Gasteiger partial charge in [0.05, 0.1) is 17.5 Å². The molecule has 7 nitrogen and oxygen atoms in total. The van der Waals surface area contributed by atoms with Crippen molar-refractivity contribution in [2.75, 3.05) is 11.9 Å². The maximum absolute atomic E-state index is 12.3. The van der Waals surface area contributed by atoms with Gasteiger partial charge in [-0.2, -0.15) is 0 Å². The number of hydrogen-bond donors (Lipinski definition) is 2. The summed E-state index contributed by atoms with van der Waals surface area (Å²) in [5, 5.41) is 5.60. The molecule has 4 amide bonds. The lowest BCUT2D eigenvalue weighted by molar-refractivity contribution is -0.120. The number of carbonyl (C=O) groups is 4. The number of imide groups is 1. The third kappa shape index (κ3) is 3.78. The summed E-state index contributed by atoms with van der Waals surface area (Å²) in [6, 6.07) is 13.8. The fourth-order valence-electron chi connectivity index (χ4n) is 3.12. The third-order valence-corrected chi connectivity index (χ3v) is 4.72. The molecule has 0 atom stereocenters. The molecule has 1 aliphatic carbocycles. The topological polar surface area (TPSA) is 95.6 Å². The van der Waals surface area contributed by atoms with Crippen LogP contribution in [-0.4, -0.2) is 41.1 Å². The maximum atomic E-state index is 12.3. The molecule has 2 aliphatic rings. The van der Waals surface area contributed by atoms with Gasteiger partial charge in [0, 0.05) is 11.7 Å². The van der Waals surface area contributed by atoms with Crippen molar-refractivity contribution in [3.63, 3.8) is 0 Å². The Morgan fingerprint density at radius 1 is 0.893 bits per heavy atom. The van der Waals surface area contributed by atoms with Gasteiger partial charge in [-0.25, -0.2) is 0 Å². The van der Waals surface area contributed by atoms with E-state index < -0.39 is 17.7 Å². The van der Waals surface area contributed by atoms with Crippen LogP contribution in [0.25, 0.3) is 0 Å². The Bertz CT molecular complexity index is 929. The summed E-state index contributed by atoms with van der Waals surface area (Å²) in [4.78, 5) is 49.7. The molecule has 0 unspecified atom stereocenters.